The second-order valence-electron chi connectivity index (χ2n) is 2.99. The van der Waals surface area contributed by atoms with E-state index in [2.05, 4.69) is 11.7 Å². The predicted molar refractivity (Wildman–Crippen MR) is 57.8 cm³/mol. The van der Waals surface area contributed by atoms with Gasteiger partial charge in [-0.1, -0.05) is 13.3 Å². The third kappa shape index (κ3) is 9.21. The van der Waals surface area contributed by atoms with Crippen LogP contribution >= 0.6 is 0 Å². The number of rotatable bonds is 8. The number of carbonyl (C=O) groups is 2. The molecule has 92 valence electrons. The molecule has 0 rings (SSSR count). The first-order valence-corrected chi connectivity index (χ1v) is 5.21. The van der Waals surface area contributed by atoms with Crippen molar-refractivity contribution in [2.75, 3.05) is 26.9 Å². The Morgan fingerprint density at radius 3 is 2.38 bits per heavy atom. The van der Waals surface area contributed by atoms with Crippen molar-refractivity contribution in [1.82, 2.24) is 0 Å². The lowest BCUT2D eigenvalue weighted by Crippen LogP contribution is -2.09. The van der Waals surface area contributed by atoms with E-state index in [1.54, 1.807) is 0 Å². The van der Waals surface area contributed by atoms with Crippen molar-refractivity contribution in [2.45, 2.75) is 19.8 Å². The van der Waals surface area contributed by atoms with Crippen LogP contribution in [0.1, 0.15) is 19.8 Å². The molecule has 0 saturated carbocycles. The molecular formula is C11H18O5. The number of ether oxygens (including phenoxy) is 3. The van der Waals surface area contributed by atoms with Crippen LogP contribution in [-0.2, 0) is 23.8 Å². The molecule has 0 aromatic carbocycles. The lowest BCUT2D eigenvalue weighted by atomic mass is 10.4. The van der Waals surface area contributed by atoms with Crippen molar-refractivity contribution in [3.63, 3.8) is 0 Å². The normalized spacial score (nSPS) is 10.4. The van der Waals surface area contributed by atoms with Crippen molar-refractivity contribution in [1.29, 1.82) is 0 Å². The highest BCUT2D eigenvalue weighted by Gasteiger charge is 1.98. The summed E-state index contributed by atoms with van der Waals surface area (Å²) in [7, 11) is 1.24. The van der Waals surface area contributed by atoms with Crippen LogP contribution in [0.3, 0.4) is 0 Å². The quantitative estimate of drug-likeness (QED) is 0.354. The first-order chi connectivity index (χ1) is 7.70. The molecule has 5 heteroatoms. The van der Waals surface area contributed by atoms with Crippen LogP contribution in [0.25, 0.3) is 0 Å². The number of methoxy groups -OCH3 is 1. The molecule has 0 atom stereocenters. The zero-order valence-electron chi connectivity index (χ0n) is 9.73. The fourth-order valence-corrected chi connectivity index (χ4v) is 0.802. The minimum Gasteiger partial charge on any atom is -0.466 e. The Bertz CT molecular complexity index is 235. The maximum atomic E-state index is 11.0. The molecule has 5 nitrogen and oxygen atoms in total. The molecular weight excluding hydrogens is 212 g/mol. The monoisotopic (exact) mass is 230 g/mol. The van der Waals surface area contributed by atoms with Crippen LogP contribution in [0, 0.1) is 0 Å². The summed E-state index contributed by atoms with van der Waals surface area (Å²) < 4.78 is 14.2. The van der Waals surface area contributed by atoms with E-state index in [1.807, 2.05) is 0 Å². The van der Waals surface area contributed by atoms with Crippen LogP contribution in [0.15, 0.2) is 12.2 Å². The summed E-state index contributed by atoms with van der Waals surface area (Å²) in [6, 6.07) is 0. The Morgan fingerprint density at radius 1 is 1.06 bits per heavy atom. The smallest absolute Gasteiger partial charge is 0.331 e. The second kappa shape index (κ2) is 10.2. The van der Waals surface area contributed by atoms with Crippen molar-refractivity contribution in [2.24, 2.45) is 0 Å². The fraction of sp³-hybridized carbons (Fsp3) is 0.636. The Morgan fingerprint density at radius 2 is 1.75 bits per heavy atom. The Labute approximate surface area is 95.4 Å². The van der Waals surface area contributed by atoms with Crippen LogP contribution < -0.4 is 0 Å². The van der Waals surface area contributed by atoms with Gasteiger partial charge < -0.3 is 14.2 Å². The third-order valence-electron chi connectivity index (χ3n) is 1.67. The van der Waals surface area contributed by atoms with Gasteiger partial charge in [0.15, 0.2) is 0 Å². The van der Waals surface area contributed by atoms with Gasteiger partial charge in [-0.15, -0.1) is 0 Å². The van der Waals surface area contributed by atoms with E-state index in [-0.39, 0.29) is 6.61 Å². The molecule has 0 amide bonds. The number of esters is 2. The summed E-state index contributed by atoms with van der Waals surface area (Å²) in [6.07, 6.45) is 4.11. The summed E-state index contributed by atoms with van der Waals surface area (Å²) >= 11 is 0. The van der Waals surface area contributed by atoms with Crippen LogP contribution in [0.2, 0.25) is 0 Å². The van der Waals surface area contributed by atoms with Crippen LogP contribution in [0.5, 0.6) is 0 Å². The van der Waals surface area contributed by atoms with E-state index in [9.17, 15) is 9.59 Å². The molecule has 0 aromatic heterocycles. The molecule has 16 heavy (non-hydrogen) atoms. The molecule has 0 saturated heterocycles. The predicted octanol–water partition coefficient (Wildman–Crippen LogP) is 1.08. The van der Waals surface area contributed by atoms with E-state index in [0.29, 0.717) is 13.2 Å². The van der Waals surface area contributed by atoms with Crippen molar-refractivity contribution < 1.29 is 23.8 Å². The molecule has 0 aliphatic carbocycles. The Balaban J connectivity index is 3.44. The summed E-state index contributed by atoms with van der Waals surface area (Å²) in [5, 5.41) is 0. The second-order valence-corrected chi connectivity index (χ2v) is 2.99. The summed E-state index contributed by atoms with van der Waals surface area (Å²) in [5.41, 5.74) is 0. The van der Waals surface area contributed by atoms with Crippen molar-refractivity contribution >= 4 is 11.9 Å². The summed E-state index contributed by atoms with van der Waals surface area (Å²) in [6.45, 7) is 3.30. The molecule has 0 N–H and O–H groups in total. The summed E-state index contributed by atoms with van der Waals surface area (Å²) in [4.78, 5) is 21.6. The van der Waals surface area contributed by atoms with Gasteiger partial charge in [0.25, 0.3) is 0 Å². The third-order valence-corrected chi connectivity index (χ3v) is 1.67. The van der Waals surface area contributed by atoms with Gasteiger partial charge in [0.05, 0.1) is 13.7 Å². The molecule has 0 spiro atoms. The number of carbonyl (C=O) groups excluding carboxylic acids is 2. The molecule has 0 bridgehead atoms. The van der Waals surface area contributed by atoms with Gasteiger partial charge in [0.1, 0.15) is 6.61 Å². The van der Waals surface area contributed by atoms with Crippen molar-refractivity contribution in [3.8, 4) is 0 Å². The Kier molecular flexibility index (Phi) is 9.30. The van der Waals surface area contributed by atoms with Gasteiger partial charge in [0, 0.05) is 18.8 Å². The van der Waals surface area contributed by atoms with E-state index in [0.717, 1.165) is 25.0 Å². The van der Waals surface area contributed by atoms with Gasteiger partial charge >= 0.3 is 11.9 Å². The SMILES string of the molecule is CCCCOCCOC(=O)/C=C/C(=O)OC. The highest BCUT2D eigenvalue weighted by molar-refractivity contribution is 5.91. The van der Waals surface area contributed by atoms with Gasteiger partial charge in [-0.3, -0.25) is 0 Å². The van der Waals surface area contributed by atoms with E-state index in [4.69, 9.17) is 9.47 Å². The standard InChI is InChI=1S/C11H18O5/c1-3-4-7-15-8-9-16-11(13)6-5-10(12)14-2/h5-6H,3-4,7-9H2,1-2H3/b6-5+. The van der Waals surface area contributed by atoms with E-state index >= 15 is 0 Å². The number of unbranched alkanes of at least 4 members (excludes halogenated alkanes) is 1. The lowest BCUT2D eigenvalue weighted by Gasteiger charge is -2.03. The van der Waals surface area contributed by atoms with Gasteiger partial charge in [-0.25, -0.2) is 9.59 Å². The van der Waals surface area contributed by atoms with Crippen molar-refractivity contribution in [3.05, 3.63) is 12.2 Å². The first kappa shape index (κ1) is 14.6. The molecule has 0 fully saturated rings. The molecule has 0 heterocycles. The summed E-state index contributed by atoms with van der Waals surface area (Å²) in [5.74, 6) is -1.17. The molecule has 0 unspecified atom stereocenters. The van der Waals surface area contributed by atoms with E-state index in [1.165, 1.54) is 7.11 Å². The maximum Gasteiger partial charge on any atom is 0.331 e. The van der Waals surface area contributed by atoms with Crippen LogP contribution in [0.4, 0.5) is 0 Å². The largest absolute Gasteiger partial charge is 0.466 e. The van der Waals surface area contributed by atoms with Crippen LogP contribution in [-0.4, -0.2) is 38.9 Å². The highest BCUT2D eigenvalue weighted by atomic mass is 16.6. The molecule has 0 aliphatic rings. The fourth-order valence-electron chi connectivity index (χ4n) is 0.802. The molecule has 0 aliphatic heterocycles. The lowest BCUT2D eigenvalue weighted by molar-refractivity contribution is -0.140. The molecule has 0 radical (unpaired) electrons. The highest BCUT2D eigenvalue weighted by Crippen LogP contribution is 1.89. The molecule has 0 aromatic rings. The zero-order valence-corrected chi connectivity index (χ0v) is 9.73. The Hall–Kier alpha value is -1.36. The minimum absolute atomic E-state index is 0.189. The van der Waals surface area contributed by atoms with Gasteiger partial charge in [-0.2, -0.15) is 0 Å². The minimum atomic E-state index is -0.587. The van der Waals surface area contributed by atoms with Gasteiger partial charge in [0.2, 0.25) is 0 Å². The number of hydrogen-bond donors (Lipinski definition) is 0. The average Bonchev–Trinajstić information content (AvgIpc) is 2.30. The van der Waals surface area contributed by atoms with Gasteiger partial charge in [-0.05, 0) is 6.42 Å². The zero-order chi connectivity index (χ0) is 12.2. The first-order valence-electron chi connectivity index (χ1n) is 5.21. The maximum absolute atomic E-state index is 11.0. The average molecular weight is 230 g/mol. The topological polar surface area (TPSA) is 61.8 Å². The number of hydrogen-bond acceptors (Lipinski definition) is 5. The van der Waals surface area contributed by atoms with E-state index < -0.39 is 11.9 Å².